The topological polar surface area (TPSA) is 58.6 Å². The van der Waals surface area contributed by atoms with Crippen LogP contribution in [0.5, 0.6) is 0 Å². The lowest BCUT2D eigenvalue weighted by molar-refractivity contribution is -0.143. The van der Waals surface area contributed by atoms with E-state index in [-0.39, 0.29) is 18.4 Å². The van der Waals surface area contributed by atoms with Crippen LogP contribution in [0.15, 0.2) is 0 Å². The van der Waals surface area contributed by atoms with Crippen molar-refractivity contribution < 1.29 is 14.3 Å². The monoisotopic (exact) mass is 228 g/mol. The molecule has 0 aromatic heterocycles. The normalized spacial score (nSPS) is 21.1. The fourth-order valence-electron chi connectivity index (χ4n) is 1.67. The molecule has 16 heavy (non-hydrogen) atoms. The van der Waals surface area contributed by atoms with E-state index in [1.165, 1.54) is 0 Å². The molecule has 0 saturated carbocycles. The van der Waals surface area contributed by atoms with Crippen molar-refractivity contribution in [3.05, 3.63) is 0 Å². The number of hydrogen-bond donors (Lipinski definition) is 1. The zero-order valence-corrected chi connectivity index (χ0v) is 9.99. The molecule has 0 aliphatic carbocycles. The van der Waals surface area contributed by atoms with Crippen molar-refractivity contribution in [2.45, 2.75) is 32.7 Å². The highest BCUT2D eigenvalue weighted by Gasteiger charge is 2.28. The summed E-state index contributed by atoms with van der Waals surface area (Å²) in [5.41, 5.74) is 0. The van der Waals surface area contributed by atoms with Crippen LogP contribution in [0, 0.1) is 0 Å². The minimum Gasteiger partial charge on any atom is -0.381 e. The van der Waals surface area contributed by atoms with E-state index in [0.717, 1.165) is 19.4 Å². The van der Waals surface area contributed by atoms with E-state index in [9.17, 15) is 9.59 Å². The molecule has 2 amide bonds. The molecule has 5 nitrogen and oxygen atoms in total. The summed E-state index contributed by atoms with van der Waals surface area (Å²) in [7, 11) is 0. The average molecular weight is 228 g/mol. The predicted octanol–water partition coefficient (Wildman–Crippen LogP) is 0.150. The summed E-state index contributed by atoms with van der Waals surface area (Å²) in [6.45, 7) is 5.94. The Morgan fingerprint density at radius 3 is 2.88 bits per heavy atom. The summed E-state index contributed by atoms with van der Waals surface area (Å²) in [5.74, 6) is -0.0864. The van der Waals surface area contributed by atoms with Gasteiger partial charge < -0.3 is 15.0 Å². The Morgan fingerprint density at radius 2 is 2.19 bits per heavy atom. The second-order valence-electron chi connectivity index (χ2n) is 4.01. The molecule has 1 rings (SSSR count). The van der Waals surface area contributed by atoms with Crippen molar-refractivity contribution in [1.82, 2.24) is 10.2 Å². The van der Waals surface area contributed by atoms with Gasteiger partial charge in [0.05, 0.1) is 6.54 Å². The van der Waals surface area contributed by atoms with E-state index < -0.39 is 6.04 Å². The van der Waals surface area contributed by atoms with Gasteiger partial charge in [0, 0.05) is 19.8 Å². The van der Waals surface area contributed by atoms with Gasteiger partial charge in [-0.2, -0.15) is 0 Å². The summed E-state index contributed by atoms with van der Waals surface area (Å²) < 4.78 is 5.32. The molecule has 0 aromatic carbocycles. The lowest BCUT2D eigenvalue weighted by Gasteiger charge is -2.30. The number of piperazine rings is 1. The van der Waals surface area contributed by atoms with E-state index in [0.29, 0.717) is 13.2 Å². The maximum Gasteiger partial charge on any atom is 0.245 e. The Hall–Kier alpha value is -1.10. The van der Waals surface area contributed by atoms with Crippen LogP contribution in [-0.4, -0.2) is 49.1 Å². The van der Waals surface area contributed by atoms with Gasteiger partial charge in [0.2, 0.25) is 11.8 Å². The van der Waals surface area contributed by atoms with Gasteiger partial charge in [0.25, 0.3) is 0 Å². The average Bonchev–Trinajstić information content (AvgIpc) is 2.24. The molecule has 0 aromatic rings. The largest absolute Gasteiger partial charge is 0.381 e. The molecule has 1 unspecified atom stereocenters. The number of ether oxygens (including phenoxy) is 1. The minimum atomic E-state index is -0.391. The molecule has 1 aliphatic heterocycles. The molecule has 1 N–H and O–H groups in total. The molecule has 1 aliphatic rings. The molecule has 0 radical (unpaired) electrons. The van der Waals surface area contributed by atoms with Crippen LogP contribution in [-0.2, 0) is 14.3 Å². The van der Waals surface area contributed by atoms with Crippen LogP contribution in [0.4, 0.5) is 0 Å². The van der Waals surface area contributed by atoms with E-state index in [4.69, 9.17) is 4.74 Å². The van der Waals surface area contributed by atoms with Crippen molar-refractivity contribution in [2.24, 2.45) is 0 Å². The number of rotatable bonds is 6. The molecule has 1 fully saturated rings. The highest BCUT2D eigenvalue weighted by molar-refractivity contribution is 5.94. The number of carbonyl (C=O) groups is 2. The van der Waals surface area contributed by atoms with Gasteiger partial charge in [-0.15, -0.1) is 0 Å². The molecular formula is C11H20N2O3. The van der Waals surface area contributed by atoms with Gasteiger partial charge in [-0.05, 0) is 19.8 Å². The lowest BCUT2D eigenvalue weighted by atomic mass is 10.2. The molecular weight excluding hydrogens is 208 g/mol. The first-order chi connectivity index (χ1) is 7.65. The van der Waals surface area contributed by atoms with Crippen molar-refractivity contribution in [3.8, 4) is 0 Å². The second kappa shape index (κ2) is 6.48. The van der Waals surface area contributed by atoms with E-state index in [2.05, 4.69) is 12.2 Å². The Labute approximate surface area is 96.1 Å². The molecule has 0 spiro atoms. The Bertz CT molecular complexity index is 256. The Kier molecular flexibility index (Phi) is 5.25. The van der Waals surface area contributed by atoms with Gasteiger partial charge in [-0.3, -0.25) is 9.59 Å². The molecule has 1 atom stereocenters. The first-order valence-electron chi connectivity index (χ1n) is 5.81. The number of nitrogens with one attached hydrogen (secondary N) is 1. The third kappa shape index (κ3) is 3.81. The third-order valence-corrected chi connectivity index (χ3v) is 2.46. The minimum absolute atomic E-state index is 0.00454. The van der Waals surface area contributed by atoms with E-state index in [1.54, 1.807) is 11.8 Å². The summed E-state index contributed by atoms with van der Waals surface area (Å²) in [6.07, 6.45) is 1.79. The lowest BCUT2D eigenvalue weighted by Crippen LogP contribution is -2.56. The maximum absolute atomic E-state index is 11.7. The molecule has 0 bridgehead atoms. The van der Waals surface area contributed by atoms with Crippen molar-refractivity contribution in [1.29, 1.82) is 0 Å². The fraction of sp³-hybridized carbons (Fsp3) is 0.818. The first kappa shape index (κ1) is 13.0. The molecule has 1 saturated heterocycles. The standard InChI is InChI=1S/C11H20N2O3/c1-3-6-16-7-4-5-13-8-10(14)12-9(2)11(13)15/h9H,3-8H2,1-2H3,(H,12,14). The highest BCUT2D eigenvalue weighted by atomic mass is 16.5. The summed E-state index contributed by atoms with van der Waals surface area (Å²) in [4.78, 5) is 24.5. The Balaban J connectivity index is 2.24. The first-order valence-corrected chi connectivity index (χ1v) is 5.81. The smallest absolute Gasteiger partial charge is 0.245 e. The van der Waals surface area contributed by atoms with Crippen molar-refractivity contribution in [3.63, 3.8) is 0 Å². The van der Waals surface area contributed by atoms with Gasteiger partial charge >= 0.3 is 0 Å². The number of hydrogen-bond acceptors (Lipinski definition) is 3. The van der Waals surface area contributed by atoms with Crippen LogP contribution in [0.3, 0.4) is 0 Å². The zero-order valence-electron chi connectivity index (χ0n) is 9.99. The van der Waals surface area contributed by atoms with Gasteiger partial charge in [0.15, 0.2) is 0 Å². The Morgan fingerprint density at radius 1 is 1.44 bits per heavy atom. The van der Waals surface area contributed by atoms with Crippen LogP contribution in [0.25, 0.3) is 0 Å². The summed E-state index contributed by atoms with van der Waals surface area (Å²) >= 11 is 0. The highest BCUT2D eigenvalue weighted by Crippen LogP contribution is 2.03. The van der Waals surface area contributed by atoms with Crippen LogP contribution in [0.2, 0.25) is 0 Å². The van der Waals surface area contributed by atoms with Crippen LogP contribution < -0.4 is 5.32 Å². The predicted molar refractivity (Wildman–Crippen MR) is 59.9 cm³/mol. The molecule has 5 heteroatoms. The van der Waals surface area contributed by atoms with Gasteiger partial charge in [-0.1, -0.05) is 6.92 Å². The van der Waals surface area contributed by atoms with Gasteiger partial charge in [0.1, 0.15) is 6.04 Å². The third-order valence-electron chi connectivity index (χ3n) is 2.46. The molecule has 92 valence electrons. The van der Waals surface area contributed by atoms with E-state index in [1.807, 2.05) is 0 Å². The molecule has 1 heterocycles. The second-order valence-corrected chi connectivity index (χ2v) is 4.01. The number of nitrogens with zero attached hydrogens (tertiary/aromatic N) is 1. The van der Waals surface area contributed by atoms with Crippen LogP contribution >= 0.6 is 0 Å². The number of carbonyl (C=O) groups excluding carboxylic acids is 2. The quantitative estimate of drug-likeness (QED) is 0.658. The zero-order chi connectivity index (χ0) is 12.0. The summed E-state index contributed by atoms with van der Waals surface area (Å²) in [5, 5.41) is 2.61. The summed E-state index contributed by atoms with van der Waals surface area (Å²) in [6, 6.07) is -0.391. The van der Waals surface area contributed by atoms with Crippen molar-refractivity contribution >= 4 is 11.8 Å². The maximum atomic E-state index is 11.7. The van der Waals surface area contributed by atoms with E-state index >= 15 is 0 Å². The van der Waals surface area contributed by atoms with Gasteiger partial charge in [-0.25, -0.2) is 0 Å². The van der Waals surface area contributed by atoms with Crippen molar-refractivity contribution in [2.75, 3.05) is 26.3 Å². The fourth-order valence-corrected chi connectivity index (χ4v) is 1.67. The number of amides is 2. The SMILES string of the molecule is CCCOCCCN1CC(=O)NC(C)C1=O. The van der Waals surface area contributed by atoms with Crippen LogP contribution in [0.1, 0.15) is 26.7 Å².